The number of benzene rings is 1. The molecule has 1 aromatic carbocycles. The molecular weight excluding hydrogens is 246 g/mol. The van der Waals surface area contributed by atoms with Crippen molar-refractivity contribution in [2.75, 3.05) is 0 Å². The number of carboxylic acids is 1. The van der Waals surface area contributed by atoms with Crippen LogP contribution >= 0.6 is 0 Å². The van der Waals surface area contributed by atoms with Gasteiger partial charge in [-0.15, -0.1) is 5.10 Å². The van der Waals surface area contributed by atoms with Gasteiger partial charge >= 0.3 is 5.97 Å². The summed E-state index contributed by atoms with van der Waals surface area (Å²) >= 11 is 0. The summed E-state index contributed by atoms with van der Waals surface area (Å²) in [5.74, 6) is -1.28. The van der Waals surface area contributed by atoms with E-state index in [1.54, 1.807) is 12.1 Å². The van der Waals surface area contributed by atoms with E-state index in [-0.39, 0.29) is 11.5 Å². The highest BCUT2D eigenvalue weighted by Crippen LogP contribution is 2.25. The van der Waals surface area contributed by atoms with Crippen LogP contribution in [0.3, 0.4) is 0 Å². The molecule has 0 fully saturated rings. The lowest BCUT2D eigenvalue weighted by Crippen LogP contribution is -2.18. The molecule has 0 aliphatic heterocycles. The summed E-state index contributed by atoms with van der Waals surface area (Å²) in [6, 6.07) is 8.14. The van der Waals surface area contributed by atoms with Gasteiger partial charge in [-0.1, -0.05) is 35.5 Å². The van der Waals surface area contributed by atoms with Crippen molar-refractivity contribution in [2.45, 2.75) is 19.9 Å². The highest BCUT2D eigenvalue weighted by atomic mass is 16.4. The summed E-state index contributed by atoms with van der Waals surface area (Å²) in [6.07, 6.45) is 0. The molecule has 0 amide bonds. The zero-order valence-electron chi connectivity index (χ0n) is 10.6. The fraction of sp³-hybridized carbons (Fsp3) is 0.231. The number of nitrogens with zero attached hydrogens (tertiary/aromatic N) is 3. The molecule has 6 nitrogen and oxygen atoms in total. The molecule has 1 heterocycles. The molecule has 98 valence electrons. The third kappa shape index (κ3) is 2.37. The molecule has 1 aromatic heterocycles. The lowest BCUT2D eigenvalue weighted by molar-refractivity contribution is -0.140. The Kier molecular flexibility index (Phi) is 3.41. The van der Waals surface area contributed by atoms with Crippen molar-refractivity contribution in [2.24, 2.45) is 0 Å². The minimum atomic E-state index is -1.03. The van der Waals surface area contributed by atoms with Crippen LogP contribution < -0.4 is 0 Å². The number of carbonyl (C=O) groups is 2. The van der Waals surface area contributed by atoms with Crippen LogP contribution in [0, 0.1) is 0 Å². The Morgan fingerprint density at radius 3 is 2.42 bits per heavy atom. The number of hydrogen-bond acceptors (Lipinski definition) is 4. The van der Waals surface area contributed by atoms with E-state index in [1.165, 1.54) is 18.5 Å². The quantitative estimate of drug-likeness (QED) is 0.846. The Hall–Kier alpha value is -2.50. The highest BCUT2D eigenvalue weighted by molar-refractivity contribution is 5.98. The van der Waals surface area contributed by atoms with Crippen molar-refractivity contribution in [1.29, 1.82) is 0 Å². The van der Waals surface area contributed by atoms with Gasteiger partial charge in [-0.25, -0.2) is 9.48 Å². The average molecular weight is 259 g/mol. The number of hydrogen-bond donors (Lipinski definition) is 1. The van der Waals surface area contributed by atoms with Crippen LogP contribution in [-0.2, 0) is 4.79 Å². The molecule has 0 bridgehead atoms. The molecule has 0 saturated heterocycles. The SMILES string of the molecule is CC(=O)c1nnn(C(C)C(=O)O)c1-c1ccccc1. The lowest BCUT2D eigenvalue weighted by Gasteiger charge is -2.11. The second kappa shape index (κ2) is 5.01. The van der Waals surface area contributed by atoms with Gasteiger partial charge in [0.25, 0.3) is 0 Å². The predicted molar refractivity (Wildman–Crippen MR) is 67.8 cm³/mol. The van der Waals surface area contributed by atoms with Gasteiger partial charge in [-0.2, -0.15) is 0 Å². The molecule has 0 spiro atoms. The molecule has 1 unspecified atom stereocenters. The second-order valence-electron chi connectivity index (χ2n) is 4.17. The van der Waals surface area contributed by atoms with E-state index in [2.05, 4.69) is 10.3 Å². The minimum absolute atomic E-state index is 0.180. The first-order valence-electron chi connectivity index (χ1n) is 5.76. The molecule has 2 aromatic rings. The zero-order valence-corrected chi connectivity index (χ0v) is 10.6. The Bertz CT molecular complexity index is 619. The van der Waals surface area contributed by atoms with Gasteiger partial charge in [0, 0.05) is 12.5 Å². The smallest absolute Gasteiger partial charge is 0.328 e. The van der Waals surface area contributed by atoms with Crippen molar-refractivity contribution in [3.63, 3.8) is 0 Å². The summed E-state index contributed by atoms with van der Waals surface area (Å²) < 4.78 is 1.26. The van der Waals surface area contributed by atoms with Gasteiger partial charge < -0.3 is 5.11 Å². The molecule has 0 radical (unpaired) electrons. The minimum Gasteiger partial charge on any atom is -0.480 e. The molecule has 0 aliphatic carbocycles. The van der Waals surface area contributed by atoms with Gasteiger partial charge in [-0.05, 0) is 6.92 Å². The molecule has 2 rings (SSSR count). The maximum Gasteiger partial charge on any atom is 0.328 e. The lowest BCUT2D eigenvalue weighted by atomic mass is 10.1. The maximum atomic E-state index is 11.6. The van der Waals surface area contributed by atoms with E-state index in [0.717, 1.165) is 0 Å². The second-order valence-corrected chi connectivity index (χ2v) is 4.17. The average Bonchev–Trinajstić information content (AvgIpc) is 2.83. The summed E-state index contributed by atoms with van der Waals surface area (Å²) in [5.41, 5.74) is 1.33. The third-order valence-corrected chi connectivity index (χ3v) is 2.80. The molecule has 6 heteroatoms. The number of Topliss-reactive ketones (excluding diaryl/α,β-unsaturated/α-hetero) is 1. The predicted octanol–water partition coefficient (Wildman–Crippen LogP) is 1.79. The molecule has 1 atom stereocenters. The van der Waals surface area contributed by atoms with Crippen LogP contribution in [0.25, 0.3) is 11.3 Å². The van der Waals surface area contributed by atoms with E-state index in [9.17, 15) is 9.59 Å². The Morgan fingerprint density at radius 2 is 1.89 bits per heavy atom. The van der Waals surface area contributed by atoms with E-state index in [1.807, 2.05) is 18.2 Å². The van der Waals surface area contributed by atoms with Crippen LogP contribution in [0.5, 0.6) is 0 Å². The molecular formula is C13H13N3O3. The van der Waals surface area contributed by atoms with Gasteiger partial charge in [-0.3, -0.25) is 4.79 Å². The van der Waals surface area contributed by atoms with Crippen molar-refractivity contribution in [1.82, 2.24) is 15.0 Å². The Labute approximate surface area is 109 Å². The van der Waals surface area contributed by atoms with Gasteiger partial charge in [0.2, 0.25) is 0 Å². The summed E-state index contributed by atoms with van der Waals surface area (Å²) in [5, 5.41) is 16.7. The molecule has 0 aliphatic rings. The van der Waals surface area contributed by atoms with Crippen molar-refractivity contribution in [3.8, 4) is 11.3 Å². The van der Waals surface area contributed by atoms with Crippen molar-refractivity contribution >= 4 is 11.8 Å². The Balaban J connectivity index is 2.64. The summed E-state index contributed by atoms with van der Waals surface area (Å²) in [6.45, 7) is 2.87. The van der Waals surface area contributed by atoms with Crippen molar-refractivity contribution in [3.05, 3.63) is 36.0 Å². The van der Waals surface area contributed by atoms with Crippen LogP contribution in [-0.4, -0.2) is 31.9 Å². The first kappa shape index (κ1) is 12.9. The van der Waals surface area contributed by atoms with Crippen LogP contribution in [0.15, 0.2) is 30.3 Å². The van der Waals surface area contributed by atoms with Crippen LogP contribution in [0.4, 0.5) is 0 Å². The molecule has 1 N–H and O–H groups in total. The summed E-state index contributed by atoms with van der Waals surface area (Å²) in [4.78, 5) is 22.7. The third-order valence-electron chi connectivity index (χ3n) is 2.80. The first-order chi connectivity index (χ1) is 9.02. The van der Waals surface area contributed by atoms with E-state index in [4.69, 9.17) is 5.11 Å². The number of carbonyl (C=O) groups excluding carboxylic acids is 1. The van der Waals surface area contributed by atoms with Gasteiger partial charge in [0.15, 0.2) is 11.5 Å². The van der Waals surface area contributed by atoms with Gasteiger partial charge in [0.05, 0.1) is 0 Å². The fourth-order valence-electron chi connectivity index (χ4n) is 1.77. The normalized spacial score (nSPS) is 12.1. The number of aromatic nitrogens is 3. The van der Waals surface area contributed by atoms with Crippen LogP contribution in [0.1, 0.15) is 30.4 Å². The molecule has 19 heavy (non-hydrogen) atoms. The van der Waals surface area contributed by atoms with E-state index in [0.29, 0.717) is 11.3 Å². The standard InChI is InChI=1S/C13H13N3O3/c1-8(13(18)19)16-12(10-6-4-3-5-7-10)11(9(2)17)14-15-16/h3-8H,1-2H3,(H,18,19). The monoisotopic (exact) mass is 259 g/mol. The number of ketones is 1. The summed E-state index contributed by atoms with van der Waals surface area (Å²) in [7, 11) is 0. The Morgan fingerprint density at radius 1 is 1.26 bits per heavy atom. The maximum absolute atomic E-state index is 11.6. The molecule has 0 saturated carbocycles. The van der Waals surface area contributed by atoms with Gasteiger partial charge in [0.1, 0.15) is 11.7 Å². The van der Waals surface area contributed by atoms with E-state index < -0.39 is 12.0 Å². The zero-order chi connectivity index (χ0) is 14.0. The number of carboxylic acid groups (broad SMARTS) is 1. The topological polar surface area (TPSA) is 85.1 Å². The largest absolute Gasteiger partial charge is 0.480 e. The fourth-order valence-corrected chi connectivity index (χ4v) is 1.77. The highest BCUT2D eigenvalue weighted by Gasteiger charge is 2.24. The number of aliphatic carboxylic acids is 1. The van der Waals surface area contributed by atoms with E-state index >= 15 is 0 Å². The number of rotatable bonds is 4. The van der Waals surface area contributed by atoms with Crippen LogP contribution in [0.2, 0.25) is 0 Å². The first-order valence-corrected chi connectivity index (χ1v) is 5.76. The van der Waals surface area contributed by atoms with Crippen molar-refractivity contribution < 1.29 is 14.7 Å².